The van der Waals surface area contributed by atoms with E-state index in [1.807, 2.05) is 13.0 Å². The van der Waals surface area contributed by atoms with E-state index in [9.17, 15) is 18.4 Å². The third kappa shape index (κ3) is 3.32. The van der Waals surface area contributed by atoms with Crippen LogP contribution in [0.5, 0.6) is 0 Å². The van der Waals surface area contributed by atoms with Gasteiger partial charge in [0.15, 0.2) is 0 Å². The van der Waals surface area contributed by atoms with E-state index in [0.29, 0.717) is 26.3 Å². The first kappa shape index (κ1) is 17.0. The average Bonchev–Trinajstić information content (AvgIpc) is 2.53. The molecule has 2 aliphatic rings. The number of morpholine rings is 1. The monoisotopic (exact) mass is 341 g/mol. The molecule has 2 atom stereocenters. The first-order valence-corrected chi connectivity index (χ1v) is 7.82. The molecule has 0 radical (unpaired) electrons. The van der Waals surface area contributed by atoms with Crippen molar-refractivity contribution in [2.45, 2.75) is 37.6 Å². The van der Waals surface area contributed by atoms with Gasteiger partial charge in [0.05, 0.1) is 24.8 Å². The maximum absolute atomic E-state index is 13.0. The van der Waals surface area contributed by atoms with Crippen LogP contribution in [0.25, 0.3) is 0 Å². The summed E-state index contributed by atoms with van der Waals surface area (Å²) in [6.45, 7) is 3.66. The Balaban J connectivity index is 1.96. The summed E-state index contributed by atoms with van der Waals surface area (Å²) in [6, 6.07) is 3.95. The molecule has 2 aliphatic heterocycles. The number of hydrogen-bond acceptors (Lipinski definition) is 5. The van der Waals surface area contributed by atoms with Crippen molar-refractivity contribution in [1.29, 1.82) is 5.26 Å². The molecule has 8 heteroatoms. The number of alkyl halides is 3. The topological polar surface area (TPSA) is 58.4 Å². The van der Waals surface area contributed by atoms with Crippen molar-refractivity contribution < 1.29 is 22.6 Å². The highest BCUT2D eigenvalue weighted by Gasteiger charge is 2.42. The molecule has 2 fully saturated rings. The maximum Gasteiger partial charge on any atom is 0.433 e. The molecule has 0 saturated carbocycles. The van der Waals surface area contributed by atoms with E-state index in [2.05, 4.69) is 4.98 Å². The molecule has 130 valence electrons. The Morgan fingerprint density at radius 2 is 2.21 bits per heavy atom. The third-order valence-corrected chi connectivity index (χ3v) is 4.28. The second-order valence-corrected chi connectivity index (χ2v) is 6.33. The van der Waals surface area contributed by atoms with Gasteiger partial charge >= 0.3 is 6.18 Å². The highest BCUT2D eigenvalue weighted by molar-refractivity contribution is 5.55. The van der Waals surface area contributed by atoms with E-state index >= 15 is 0 Å². The normalized spacial score (nSPS) is 28.0. The fourth-order valence-corrected chi connectivity index (χ4v) is 3.36. The SMILES string of the molecule is CC1CN(c2nc(C(F)(F)F)ccc2C#N)CC2(CCCOC2)O1. The Kier molecular flexibility index (Phi) is 4.40. The van der Waals surface area contributed by atoms with Crippen LogP contribution >= 0.6 is 0 Å². The molecule has 0 N–H and O–H groups in total. The van der Waals surface area contributed by atoms with Crippen molar-refractivity contribution in [1.82, 2.24) is 4.98 Å². The van der Waals surface area contributed by atoms with Crippen molar-refractivity contribution in [3.8, 4) is 6.07 Å². The summed E-state index contributed by atoms with van der Waals surface area (Å²) < 4.78 is 50.5. The van der Waals surface area contributed by atoms with E-state index < -0.39 is 17.5 Å². The molecule has 3 heterocycles. The van der Waals surface area contributed by atoms with Crippen molar-refractivity contribution in [2.75, 3.05) is 31.2 Å². The quantitative estimate of drug-likeness (QED) is 0.786. The minimum Gasteiger partial charge on any atom is -0.378 e. The third-order valence-electron chi connectivity index (χ3n) is 4.28. The van der Waals surface area contributed by atoms with Crippen LogP contribution in [0.15, 0.2) is 12.1 Å². The molecule has 2 unspecified atom stereocenters. The van der Waals surface area contributed by atoms with Crippen LogP contribution in [0, 0.1) is 11.3 Å². The van der Waals surface area contributed by atoms with Gasteiger partial charge in [-0.05, 0) is 31.9 Å². The molecule has 0 aliphatic carbocycles. The molecule has 0 amide bonds. The lowest BCUT2D eigenvalue weighted by atomic mass is 9.93. The van der Waals surface area contributed by atoms with Gasteiger partial charge in [-0.2, -0.15) is 18.4 Å². The number of aromatic nitrogens is 1. The van der Waals surface area contributed by atoms with Crippen LogP contribution in [0.4, 0.5) is 19.0 Å². The van der Waals surface area contributed by atoms with Crippen molar-refractivity contribution in [3.05, 3.63) is 23.4 Å². The Morgan fingerprint density at radius 1 is 1.42 bits per heavy atom. The highest BCUT2D eigenvalue weighted by Crippen LogP contribution is 2.35. The number of halogens is 3. The van der Waals surface area contributed by atoms with E-state index in [1.165, 1.54) is 6.07 Å². The molecular formula is C16H18F3N3O2. The van der Waals surface area contributed by atoms with Gasteiger partial charge in [-0.3, -0.25) is 0 Å². The first-order chi connectivity index (χ1) is 11.3. The minimum atomic E-state index is -4.55. The summed E-state index contributed by atoms with van der Waals surface area (Å²) in [4.78, 5) is 5.45. The molecule has 1 spiro atoms. The van der Waals surface area contributed by atoms with Gasteiger partial charge in [0.1, 0.15) is 23.2 Å². The lowest BCUT2D eigenvalue weighted by Crippen LogP contribution is -2.59. The molecular weight excluding hydrogens is 323 g/mol. The molecule has 24 heavy (non-hydrogen) atoms. The lowest BCUT2D eigenvalue weighted by Gasteiger charge is -2.47. The van der Waals surface area contributed by atoms with Gasteiger partial charge in [0.2, 0.25) is 0 Å². The fourth-order valence-electron chi connectivity index (χ4n) is 3.36. The number of pyridine rings is 1. The number of hydrogen-bond donors (Lipinski definition) is 0. The largest absolute Gasteiger partial charge is 0.433 e. The second kappa shape index (κ2) is 6.22. The summed E-state index contributed by atoms with van der Waals surface area (Å²) in [5, 5.41) is 9.26. The van der Waals surface area contributed by atoms with Gasteiger partial charge in [0.25, 0.3) is 0 Å². The van der Waals surface area contributed by atoms with Crippen molar-refractivity contribution >= 4 is 5.82 Å². The Bertz CT molecular complexity index is 651. The van der Waals surface area contributed by atoms with E-state index in [0.717, 1.165) is 18.9 Å². The zero-order valence-electron chi connectivity index (χ0n) is 13.3. The molecule has 5 nitrogen and oxygen atoms in total. The summed E-state index contributed by atoms with van der Waals surface area (Å²) >= 11 is 0. The second-order valence-electron chi connectivity index (χ2n) is 6.33. The number of ether oxygens (including phenoxy) is 2. The Hall–Kier alpha value is -1.85. The zero-order chi connectivity index (χ0) is 17.4. The van der Waals surface area contributed by atoms with Crippen LogP contribution in [0.3, 0.4) is 0 Å². The smallest absolute Gasteiger partial charge is 0.378 e. The predicted octanol–water partition coefficient (Wildman–Crippen LogP) is 2.75. The van der Waals surface area contributed by atoms with Crippen LogP contribution in [0.1, 0.15) is 31.0 Å². The number of rotatable bonds is 1. The maximum atomic E-state index is 13.0. The molecule has 2 saturated heterocycles. The van der Waals surface area contributed by atoms with Gasteiger partial charge in [-0.15, -0.1) is 0 Å². The highest BCUT2D eigenvalue weighted by atomic mass is 19.4. The number of anilines is 1. The fraction of sp³-hybridized carbons (Fsp3) is 0.625. The Labute approximate surface area is 138 Å². The summed E-state index contributed by atoms with van der Waals surface area (Å²) in [5.74, 6) is 0.0624. The van der Waals surface area contributed by atoms with Crippen LogP contribution in [0.2, 0.25) is 0 Å². The Morgan fingerprint density at radius 3 is 2.83 bits per heavy atom. The van der Waals surface area contributed by atoms with Gasteiger partial charge in [0, 0.05) is 13.2 Å². The molecule has 1 aromatic rings. The summed E-state index contributed by atoms with van der Waals surface area (Å²) in [5.41, 5.74) is -1.42. The zero-order valence-corrected chi connectivity index (χ0v) is 13.3. The van der Waals surface area contributed by atoms with Gasteiger partial charge in [-0.1, -0.05) is 0 Å². The number of nitrogens with zero attached hydrogens (tertiary/aromatic N) is 3. The minimum absolute atomic E-state index is 0.0624. The number of nitriles is 1. The molecule has 0 bridgehead atoms. The van der Waals surface area contributed by atoms with E-state index in [-0.39, 0.29) is 17.5 Å². The van der Waals surface area contributed by atoms with E-state index in [1.54, 1.807) is 4.90 Å². The summed E-state index contributed by atoms with van der Waals surface area (Å²) in [7, 11) is 0. The van der Waals surface area contributed by atoms with Gasteiger partial charge in [-0.25, -0.2) is 4.98 Å². The standard InChI is InChI=1S/C16H18F3N3O2/c1-11-8-22(9-15(24-11)5-2-6-23-10-15)14-12(7-20)3-4-13(21-14)16(17,18)19/h3-4,11H,2,5-6,8-10H2,1H3. The summed E-state index contributed by atoms with van der Waals surface area (Å²) in [6.07, 6.45) is -3.13. The van der Waals surface area contributed by atoms with Gasteiger partial charge < -0.3 is 14.4 Å². The molecule has 1 aromatic heterocycles. The van der Waals surface area contributed by atoms with Crippen molar-refractivity contribution in [3.63, 3.8) is 0 Å². The molecule has 3 rings (SSSR count). The lowest BCUT2D eigenvalue weighted by molar-refractivity contribution is -0.160. The van der Waals surface area contributed by atoms with E-state index in [4.69, 9.17) is 9.47 Å². The van der Waals surface area contributed by atoms with Crippen LogP contribution in [-0.2, 0) is 15.7 Å². The van der Waals surface area contributed by atoms with Crippen molar-refractivity contribution in [2.24, 2.45) is 0 Å². The molecule has 0 aromatic carbocycles. The first-order valence-electron chi connectivity index (χ1n) is 7.82. The van der Waals surface area contributed by atoms with Crippen LogP contribution < -0.4 is 4.90 Å². The predicted molar refractivity (Wildman–Crippen MR) is 79.5 cm³/mol. The van der Waals surface area contributed by atoms with Crippen LogP contribution in [-0.4, -0.2) is 43.0 Å². The average molecular weight is 341 g/mol.